The van der Waals surface area contributed by atoms with Crippen molar-refractivity contribution in [2.24, 2.45) is 0 Å². The monoisotopic (exact) mass is 164 g/mol. The lowest BCUT2D eigenvalue weighted by atomic mass is 10.0. The van der Waals surface area contributed by atoms with Crippen LogP contribution in [0.15, 0.2) is 12.1 Å². The Morgan fingerprint density at radius 1 is 1.33 bits per heavy atom. The van der Waals surface area contributed by atoms with Gasteiger partial charge in [-0.15, -0.1) is 0 Å². The SMILES string of the molecule is CNc1cc(C(C)C)cc(C)n1. The number of hydrogen-bond donors (Lipinski definition) is 1. The van der Waals surface area contributed by atoms with Gasteiger partial charge < -0.3 is 5.32 Å². The van der Waals surface area contributed by atoms with Crippen LogP contribution in [0, 0.1) is 6.92 Å². The van der Waals surface area contributed by atoms with Gasteiger partial charge in [0.15, 0.2) is 0 Å². The van der Waals surface area contributed by atoms with E-state index in [4.69, 9.17) is 0 Å². The molecule has 0 aliphatic rings. The highest BCUT2D eigenvalue weighted by Crippen LogP contribution is 2.17. The second-order valence-electron chi connectivity index (χ2n) is 3.33. The molecule has 0 fully saturated rings. The fourth-order valence-corrected chi connectivity index (χ4v) is 1.16. The van der Waals surface area contributed by atoms with Crippen LogP contribution in [-0.2, 0) is 0 Å². The van der Waals surface area contributed by atoms with Crippen molar-refractivity contribution in [3.63, 3.8) is 0 Å². The molecule has 2 heteroatoms. The Morgan fingerprint density at radius 3 is 2.50 bits per heavy atom. The molecule has 0 radical (unpaired) electrons. The summed E-state index contributed by atoms with van der Waals surface area (Å²) in [6, 6.07) is 4.23. The lowest BCUT2D eigenvalue weighted by molar-refractivity contribution is 0.860. The molecule has 0 spiro atoms. The van der Waals surface area contributed by atoms with Crippen LogP contribution < -0.4 is 5.32 Å². The van der Waals surface area contributed by atoms with Crippen LogP contribution in [0.2, 0.25) is 0 Å². The van der Waals surface area contributed by atoms with Crippen LogP contribution in [0.3, 0.4) is 0 Å². The first kappa shape index (κ1) is 9.04. The molecular weight excluding hydrogens is 148 g/mol. The quantitative estimate of drug-likeness (QED) is 0.726. The smallest absolute Gasteiger partial charge is 0.126 e. The highest BCUT2D eigenvalue weighted by Gasteiger charge is 2.01. The Labute approximate surface area is 74.0 Å². The molecule has 0 unspecified atom stereocenters. The Kier molecular flexibility index (Phi) is 2.69. The topological polar surface area (TPSA) is 24.9 Å². The van der Waals surface area contributed by atoms with Crippen LogP contribution in [0.1, 0.15) is 31.0 Å². The van der Waals surface area contributed by atoms with Gasteiger partial charge in [-0.05, 0) is 30.5 Å². The van der Waals surface area contributed by atoms with Crippen molar-refractivity contribution in [2.45, 2.75) is 26.7 Å². The van der Waals surface area contributed by atoms with Gasteiger partial charge in [-0.3, -0.25) is 0 Å². The van der Waals surface area contributed by atoms with Crippen molar-refractivity contribution < 1.29 is 0 Å². The number of aryl methyl sites for hydroxylation is 1. The average molecular weight is 164 g/mol. The van der Waals surface area contributed by atoms with E-state index in [1.165, 1.54) is 5.56 Å². The third-order valence-corrected chi connectivity index (χ3v) is 1.90. The van der Waals surface area contributed by atoms with Crippen LogP contribution in [0.25, 0.3) is 0 Å². The van der Waals surface area contributed by atoms with Gasteiger partial charge in [-0.1, -0.05) is 13.8 Å². The molecule has 0 amide bonds. The summed E-state index contributed by atoms with van der Waals surface area (Å²) in [5.74, 6) is 1.53. The first-order chi connectivity index (χ1) is 5.63. The van der Waals surface area contributed by atoms with E-state index >= 15 is 0 Å². The van der Waals surface area contributed by atoms with E-state index in [-0.39, 0.29) is 0 Å². The predicted octanol–water partition coefficient (Wildman–Crippen LogP) is 2.56. The summed E-state index contributed by atoms with van der Waals surface area (Å²) >= 11 is 0. The minimum Gasteiger partial charge on any atom is -0.373 e. The van der Waals surface area contributed by atoms with Gasteiger partial charge in [0.1, 0.15) is 5.82 Å². The van der Waals surface area contributed by atoms with E-state index in [1.54, 1.807) is 0 Å². The molecule has 0 saturated heterocycles. The summed E-state index contributed by atoms with van der Waals surface area (Å²) in [5, 5.41) is 3.05. The van der Waals surface area contributed by atoms with Crippen LogP contribution >= 0.6 is 0 Å². The van der Waals surface area contributed by atoms with Crippen LogP contribution in [0.5, 0.6) is 0 Å². The van der Waals surface area contributed by atoms with Crippen molar-refractivity contribution in [1.82, 2.24) is 4.98 Å². The minimum absolute atomic E-state index is 0.568. The normalized spacial score (nSPS) is 10.4. The Balaban J connectivity index is 3.06. The Hall–Kier alpha value is -1.05. The summed E-state index contributed by atoms with van der Waals surface area (Å²) in [6.45, 7) is 6.40. The zero-order valence-electron chi connectivity index (χ0n) is 8.18. The molecule has 2 nitrogen and oxygen atoms in total. The highest BCUT2D eigenvalue weighted by molar-refractivity contribution is 5.39. The molecule has 66 valence electrons. The second kappa shape index (κ2) is 3.57. The maximum Gasteiger partial charge on any atom is 0.126 e. The molecule has 0 bridgehead atoms. The number of rotatable bonds is 2. The molecule has 0 atom stereocenters. The van der Waals surface area contributed by atoms with Crippen molar-refractivity contribution in [2.75, 3.05) is 12.4 Å². The van der Waals surface area contributed by atoms with Gasteiger partial charge in [0.25, 0.3) is 0 Å². The fraction of sp³-hybridized carbons (Fsp3) is 0.500. The lowest BCUT2D eigenvalue weighted by Gasteiger charge is -2.08. The fourth-order valence-electron chi connectivity index (χ4n) is 1.16. The van der Waals surface area contributed by atoms with E-state index in [0.717, 1.165) is 11.5 Å². The van der Waals surface area contributed by atoms with Gasteiger partial charge in [0.2, 0.25) is 0 Å². The summed E-state index contributed by atoms with van der Waals surface area (Å²) in [4.78, 5) is 4.32. The molecule has 0 aliphatic heterocycles. The maximum atomic E-state index is 4.32. The molecular formula is C10H16N2. The van der Waals surface area contributed by atoms with Crippen LogP contribution in [0.4, 0.5) is 5.82 Å². The van der Waals surface area contributed by atoms with E-state index in [1.807, 2.05) is 14.0 Å². The molecule has 1 aromatic rings. The van der Waals surface area contributed by atoms with E-state index < -0.39 is 0 Å². The van der Waals surface area contributed by atoms with Gasteiger partial charge in [-0.2, -0.15) is 0 Å². The van der Waals surface area contributed by atoms with Gasteiger partial charge in [0.05, 0.1) is 0 Å². The van der Waals surface area contributed by atoms with Gasteiger partial charge in [-0.25, -0.2) is 4.98 Å². The number of pyridine rings is 1. The summed E-state index contributed by atoms with van der Waals surface area (Å²) in [6.07, 6.45) is 0. The predicted molar refractivity (Wildman–Crippen MR) is 52.6 cm³/mol. The van der Waals surface area contributed by atoms with Crippen molar-refractivity contribution in [3.05, 3.63) is 23.4 Å². The van der Waals surface area contributed by atoms with Crippen molar-refractivity contribution in [3.8, 4) is 0 Å². The molecule has 0 saturated carbocycles. The van der Waals surface area contributed by atoms with Gasteiger partial charge in [0, 0.05) is 12.7 Å². The number of nitrogens with zero attached hydrogens (tertiary/aromatic N) is 1. The number of nitrogens with one attached hydrogen (secondary N) is 1. The Morgan fingerprint density at radius 2 is 2.00 bits per heavy atom. The Bertz CT molecular complexity index is 267. The summed E-state index contributed by atoms with van der Waals surface area (Å²) in [5.41, 5.74) is 2.41. The van der Waals surface area contributed by atoms with Crippen molar-refractivity contribution >= 4 is 5.82 Å². The summed E-state index contributed by atoms with van der Waals surface area (Å²) in [7, 11) is 1.89. The highest BCUT2D eigenvalue weighted by atomic mass is 15.0. The number of anilines is 1. The number of aromatic nitrogens is 1. The largest absolute Gasteiger partial charge is 0.373 e. The molecule has 1 heterocycles. The second-order valence-corrected chi connectivity index (χ2v) is 3.33. The minimum atomic E-state index is 0.568. The maximum absolute atomic E-state index is 4.32. The van der Waals surface area contributed by atoms with E-state index in [0.29, 0.717) is 5.92 Å². The zero-order chi connectivity index (χ0) is 9.14. The molecule has 0 aromatic carbocycles. The summed E-state index contributed by atoms with van der Waals surface area (Å²) < 4.78 is 0. The molecule has 0 aliphatic carbocycles. The molecule has 1 N–H and O–H groups in total. The molecule has 1 aromatic heterocycles. The number of hydrogen-bond acceptors (Lipinski definition) is 2. The van der Waals surface area contributed by atoms with Crippen molar-refractivity contribution in [1.29, 1.82) is 0 Å². The van der Waals surface area contributed by atoms with E-state index in [2.05, 4.69) is 36.3 Å². The lowest BCUT2D eigenvalue weighted by Crippen LogP contribution is -1.97. The first-order valence-electron chi connectivity index (χ1n) is 4.30. The third-order valence-electron chi connectivity index (χ3n) is 1.90. The standard InChI is InChI=1S/C10H16N2/c1-7(2)9-5-8(3)12-10(6-9)11-4/h5-7H,1-4H3,(H,11,12). The van der Waals surface area contributed by atoms with E-state index in [9.17, 15) is 0 Å². The zero-order valence-corrected chi connectivity index (χ0v) is 8.18. The first-order valence-corrected chi connectivity index (χ1v) is 4.30. The molecule has 1 rings (SSSR count). The third kappa shape index (κ3) is 1.97. The average Bonchev–Trinajstić information content (AvgIpc) is 2.03. The molecule has 12 heavy (non-hydrogen) atoms. The van der Waals surface area contributed by atoms with Gasteiger partial charge >= 0.3 is 0 Å². The van der Waals surface area contributed by atoms with Crippen LogP contribution in [-0.4, -0.2) is 12.0 Å².